The van der Waals surface area contributed by atoms with Crippen LogP contribution in [-0.4, -0.2) is 23.9 Å². The summed E-state index contributed by atoms with van der Waals surface area (Å²) in [5.41, 5.74) is 6.46. The topological polar surface area (TPSA) is 46.3 Å². The molecule has 3 nitrogen and oxygen atoms in total. The summed E-state index contributed by atoms with van der Waals surface area (Å²) in [5.74, 6) is -0.179. The van der Waals surface area contributed by atoms with Crippen molar-refractivity contribution in [1.82, 2.24) is 4.90 Å². The summed E-state index contributed by atoms with van der Waals surface area (Å²) < 4.78 is 13.6. The highest BCUT2D eigenvalue weighted by molar-refractivity contribution is 5.78. The third-order valence-corrected chi connectivity index (χ3v) is 3.81. The van der Waals surface area contributed by atoms with Crippen molar-refractivity contribution in [1.29, 1.82) is 0 Å². The van der Waals surface area contributed by atoms with Crippen LogP contribution < -0.4 is 5.73 Å². The van der Waals surface area contributed by atoms with E-state index < -0.39 is 0 Å². The lowest BCUT2D eigenvalue weighted by atomic mass is 9.85. The number of benzene rings is 1. The van der Waals surface area contributed by atoms with Crippen LogP contribution in [0.25, 0.3) is 0 Å². The zero-order valence-electron chi connectivity index (χ0n) is 11.3. The molecule has 1 saturated carbocycles. The lowest BCUT2D eigenvalue weighted by Crippen LogP contribution is -2.38. The van der Waals surface area contributed by atoms with E-state index in [2.05, 4.69) is 0 Å². The van der Waals surface area contributed by atoms with E-state index in [0.717, 1.165) is 25.7 Å². The number of hydrogen-bond acceptors (Lipinski definition) is 2. The predicted octanol–water partition coefficient (Wildman–Crippen LogP) is 2.30. The second-order valence-corrected chi connectivity index (χ2v) is 5.41. The monoisotopic (exact) mass is 264 g/mol. The maximum absolute atomic E-state index is 13.6. The minimum absolute atomic E-state index is 0.000485. The van der Waals surface area contributed by atoms with Gasteiger partial charge >= 0.3 is 0 Å². The van der Waals surface area contributed by atoms with E-state index in [1.165, 1.54) is 6.07 Å². The van der Waals surface area contributed by atoms with E-state index in [-0.39, 0.29) is 23.7 Å². The largest absolute Gasteiger partial charge is 0.341 e. The molecule has 2 rings (SSSR count). The molecule has 0 radical (unpaired) electrons. The summed E-state index contributed by atoms with van der Waals surface area (Å²) in [6.07, 6.45) is 3.65. The predicted molar refractivity (Wildman–Crippen MR) is 72.8 cm³/mol. The van der Waals surface area contributed by atoms with Crippen LogP contribution >= 0.6 is 0 Å². The van der Waals surface area contributed by atoms with E-state index in [1.54, 1.807) is 30.1 Å². The van der Waals surface area contributed by atoms with E-state index in [9.17, 15) is 9.18 Å². The first-order chi connectivity index (χ1) is 9.08. The molecule has 0 unspecified atom stereocenters. The van der Waals surface area contributed by atoms with Crippen molar-refractivity contribution in [3.63, 3.8) is 0 Å². The summed E-state index contributed by atoms with van der Waals surface area (Å²) in [7, 11) is 1.73. The number of amides is 1. The molecule has 1 aromatic carbocycles. The fraction of sp³-hybridized carbons (Fsp3) is 0.533. The van der Waals surface area contributed by atoms with Gasteiger partial charge < -0.3 is 10.6 Å². The molecule has 4 heteroatoms. The molecule has 1 aliphatic rings. The summed E-state index contributed by atoms with van der Waals surface area (Å²) in [4.78, 5) is 13.9. The van der Waals surface area contributed by atoms with Crippen LogP contribution in [-0.2, 0) is 11.3 Å². The minimum Gasteiger partial charge on any atom is -0.341 e. The second-order valence-electron chi connectivity index (χ2n) is 5.41. The molecule has 0 aromatic heterocycles. The van der Waals surface area contributed by atoms with Gasteiger partial charge in [0.25, 0.3) is 0 Å². The van der Waals surface area contributed by atoms with Gasteiger partial charge in [0.15, 0.2) is 0 Å². The lowest BCUT2D eigenvalue weighted by Gasteiger charge is -2.29. The molecule has 0 heterocycles. The van der Waals surface area contributed by atoms with Gasteiger partial charge in [0.05, 0.1) is 0 Å². The smallest absolute Gasteiger partial charge is 0.225 e. The first-order valence-corrected chi connectivity index (χ1v) is 6.82. The Bertz CT molecular complexity index is 450. The Balaban J connectivity index is 1.97. The normalized spacial score (nSPS) is 23.1. The zero-order chi connectivity index (χ0) is 13.8. The molecule has 19 heavy (non-hydrogen) atoms. The second kappa shape index (κ2) is 6.15. The Morgan fingerprint density at radius 2 is 2.16 bits per heavy atom. The Morgan fingerprint density at radius 1 is 1.42 bits per heavy atom. The van der Waals surface area contributed by atoms with Crippen LogP contribution in [0.2, 0.25) is 0 Å². The van der Waals surface area contributed by atoms with Crippen LogP contribution in [0.5, 0.6) is 0 Å². The first-order valence-electron chi connectivity index (χ1n) is 6.82. The van der Waals surface area contributed by atoms with Gasteiger partial charge in [0.1, 0.15) is 5.82 Å². The summed E-state index contributed by atoms with van der Waals surface area (Å²) in [6.45, 7) is 0.317. The maximum Gasteiger partial charge on any atom is 0.225 e. The average Bonchev–Trinajstić information content (AvgIpc) is 2.40. The molecular weight excluding hydrogens is 243 g/mol. The van der Waals surface area contributed by atoms with Crippen molar-refractivity contribution in [2.75, 3.05) is 7.05 Å². The van der Waals surface area contributed by atoms with Crippen molar-refractivity contribution < 1.29 is 9.18 Å². The zero-order valence-corrected chi connectivity index (χ0v) is 11.3. The van der Waals surface area contributed by atoms with Gasteiger partial charge in [-0.05, 0) is 25.3 Å². The van der Waals surface area contributed by atoms with Crippen molar-refractivity contribution in [2.24, 2.45) is 11.7 Å². The molecule has 2 atom stereocenters. The number of rotatable bonds is 3. The fourth-order valence-electron chi connectivity index (χ4n) is 2.72. The quantitative estimate of drug-likeness (QED) is 0.910. The first kappa shape index (κ1) is 14.0. The SMILES string of the molecule is CN(Cc1ccccc1F)C(=O)[C@@H]1CCC[C@H](N)C1. The molecule has 0 bridgehead atoms. The fourth-order valence-corrected chi connectivity index (χ4v) is 2.72. The Kier molecular flexibility index (Phi) is 4.53. The van der Waals surface area contributed by atoms with Crippen LogP contribution in [0.1, 0.15) is 31.2 Å². The summed E-state index contributed by atoms with van der Waals surface area (Å²) in [5, 5.41) is 0. The van der Waals surface area contributed by atoms with Gasteiger partial charge in [0, 0.05) is 31.1 Å². The number of halogens is 1. The number of carbonyl (C=O) groups is 1. The highest BCUT2D eigenvalue weighted by Crippen LogP contribution is 2.25. The molecular formula is C15H21FN2O. The van der Waals surface area contributed by atoms with Crippen LogP contribution in [0.15, 0.2) is 24.3 Å². The molecule has 1 aliphatic carbocycles. The lowest BCUT2D eigenvalue weighted by molar-refractivity contribution is -0.135. The molecule has 2 N–H and O–H groups in total. The highest BCUT2D eigenvalue weighted by atomic mass is 19.1. The summed E-state index contributed by atoms with van der Waals surface area (Å²) >= 11 is 0. The average molecular weight is 264 g/mol. The molecule has 0 saturated heterocycles. The third-order valence-electron chi connectivity index (χ3n) is 3.81. The molecule has 0 aliphatic heterocycles. The van der Waals surface area contributed by atoms with Crippen LogP contribution in [0, 0.1) is 11.7 Å². The van der Waals surface area contributed by atoms with Crippen LogP contribution in [0.3, 0.4) is 0 Å². The summed E-state index contributed by atoms with van der Waals surface area (Å²) in [6, 6.07) is 6.70. The van der Waals surface area contributed by atoms with E-state index >= 15 is 0 Å². The molecule has 1 aromatic rings. The Hall–Kier alpha value is -1.42. The van der Waals surface area contributed by atoms with Gasteiger partial charge in [-0.3, -0.25) is 4.79 Å². The third kappa shape index (κ3) is 3.53. The molecule has 0 spiro atoms. The van der Waals surface area contributed by atoms with Gasteiger partial charge in [0.2, 0.25) is 5.91 Å². The van der Waals surface area contributed by atoms with Gasteiger partial charge in [-0.2, -0.15) is 0 Å². The Morgan fingerprint density at radius 3 is 2.84 bits per heavy atom. The van der Waals surface area contributed by atoms with Crippen molar-refractivity contribution in [2.45, 2.75) is 38.3 Å². The van der Waals surface area contributed by atoms with E-state index in [1.807, 2.05) is 0 Å². The molecule has 1 fully saturated rings. The number of carbonyl (C=O) groups excluding carboxylic acids is 1. The number of hydrogen-bond donors (Lipinski definition) is 1. The molecule has 104 valence electrons. The maximum atomic E-state index is 13.6. The number of nitrogens with two attached hydrogens (primary N) is 1. The Labute approximate surface area is 113 Å². The van der Waals surface area contributed by atoms with Gasteiger partial charge in [-0.25, -0.2) is 4.39 Å². The molecule has 1 amide bonds. The standard InChI is InChI=1S/C15H21FN2O/c1-18(10-12-5-2-3-8-14(12)16)15(19)11-6-4-7-13(17)9-11/h2-3,5,8,11,13H,4,6-7,9-10,17H2,1H3/t11-,13+/m1/s1. The van der Waals surface area contributed by atoms with E-state index in [0.29, 0.717) is 12.1 Å². The van der Waals surface area contributed by atoms with Crippen molar-refractivity contribution in [3.05, 3.63) is 35.6 Å². The van der Waals surface area contributed by atoms with Crippen molar-refractivity contribution >= 4 is 5.91 Å². The van der Waals surface area contributed by atoms with Crippen molar-refractivity contribution in [3.8, 4) is 0 Å². The van der Waals surface area contributed by atoms with Gasteiger partial charge in [-0.15, -0.1) is 0 Å². The van der Waals surface area contributed by atoms with Crippen LogP contribution in [0.4, 0.5) is 4.39 Å². The van der Waals surface area contributed by atoms with Gasteiger partial charge in [-0.1, -0.05) is 24.6 Å². The minimum atomic E-state index is -0.262. The van der Waals surface area contributed by atoms with E-state index in [4.69, 9.17) is 5.73 Å². The highest BCUT2D eigenvalue weighted by Gasteiger charge is 2.27. The number of nitrogens with zero attached hydrogens (tertiary/aromatic N) is 1.